The summed E-state index contributed by atoms with van der Waals surface area (Å²) in [6.45, 7) is 1.70. The first-order valence-corrected chi connectivity index (χ1v) is 3.80. The fraction of sp³-hybridized carbons (Fsp3) is 0.375. The second kappa shape index (κ2) is 3.66. The monoisotopic (exact) mass is 187 g/mol. The quantitative estimate of drug-likeness (QED) is 0.734. The molecule has 0 aliphatic carbocycles. The summed E-state index contributed by atoms with van der Waals surface area (Å²) in [4.78, 5) is 3.56. The molecule has 5 heteroatoms. The second-order valence-electron chi connectivity index (χ2n) is 2.71. The van der Waals surface area contributed by atoms with E-state index >= 15 is 0 Å². The zero-order chi connectivity index (χ0) is 10.0. The first-order chi connectivity index (χ1) is 6.07. The molecule has 0 amide bonds. The molecule has 0 aromatic carbocycles. The third-order valence-electron chi connectivity index (χ3n) is 1.94. The van der Waals surface area contributed by atoms with Gasteiger partial charge in [-0.15, -0.1) is 0 Å². The van der Waals surface area contributed by atoms with Gasteiger partial charge in [0, 0.05) is 6.54 Å². The molecule has 0 aliphatic heterocycles. The number of nitrogen functional groups attached to an aromatic ring is 1. The van der Waals surface area contributed by atoms with Gasteiger partial charge >= 0.3 is 0 Å². The third-order valence-corrected chi connectivity index (χ3v) is 1.94. The Kier molecular flexibility index (Phi) is 2.77. The minimum absolute atomic E-state index is 0.153. The highest BCUT2D eigenvalue weighted by Gasteiger charge is 2.15. The molecule has 3 nitrogen and oxygen atoms in total. The molecule has 1 heterocycles. The Morgan fingerprint density at radius 1 is 1.54 bits per heavy atom. The highest BCUT2D eigenvalue weighted by molar-refractivity contribution is 5.50. The van der Waals surface area contributed by atoms with Crippen LogP contribution in [0.3, 0.4) is 0 Å². The summed E-state index contributed by atoms with van der Waals surface area (Å²) in [6.07, 6.45) is -1.36. The van der Waals surface area contributed by atoms with E-state index in [1.165, 1.54) is 6.20 Å². The van der Waals surface area contributed by atoms with Crippen LogP contribution in [0.25, 0.3) is 0 Å². The smallest absolute Gasteiger partial charge is 0.280 e. The van der Waals surface area contributed by atoms with E-state index < -0.39 is 6.43 Å². The summed E-state index contributed by atoms with van der Waals surface area (Å²) in [7, 11) is 0. The zero-order valence-electron chi connectivity index (χ0n) is 7.22. The Hall–Kier alpha value is -1.23. The Balaban J connectivity index is 3.27. The van der Waals surface area contributed by atoms with Gasteiger partial charge in [-0.3, -0.25) is 4.98 Å². The van der Waals surface area contributed by atoms with Crippen molar-refractivity contribution in [3.8, 4) is 0 Å². The molecule has 0 atom stereocenters. The first kappa shape index (κ1) is 9.85. The lowest BCUT2D eigenvalue weighted by atomic mass is 10.1. The van der Waals surface area contributed by atoms with Crippen LogP contribution in [0.15, 0.2) is 6.20 Å². The fourth-order valence-corrected chi connectivity index (χ4v) is 1.18. The van der Waals surface area contributed by atoms with Crippen molar-refractivity contribution in [1.29, 1.82) is 0 Å². The molecule has 0 aliphatic rings. The number of halogens is 2. The van der Waals surface area contributed by atoms with Crippen molar-refractivity contribution in [3.63, 3.8) is 0 Å². The summed E-state index contributed by atoms with van der Waals surface area (Å²) in [5.74, 6) is 0. The lowest BCUT2D eigenvalue weighted by Crippen LogP contribution is -2.08. The van der Waals surface area contributed by atoms with Gasteiger partial charge in [-0.25, -0.2) is 8.78 Å². The number of aromatic nitrogens is 1. The van der Waals surface area contributed by atoms with Crippen LogP contribution in [0.1, 0.15) is 23.2 Å². The molecule has 72 valence electrons. The van der Waals surface area contributed by atoms with Crippen molar-refractivity contribution < 1.29 is 8.78 Å². The Morgan fingerprint density at radius 2 is 2.15 bits per heavy atom. The number of anilines is 1. The lowest BCUT2D eigenvalue weighted by molar-refractivity contribution is 0.145. The minimum Gasteiger partial charge on any atom is -0.397 e. The van der Waals surface area contributed by atoms with E-state index in [4.69, 9.17) is 11.5 Å². The molecule has 1 aromatic heterocycles. The van der Waals surface area contributed by atoms with Crippen LogP contribution in [0.5, 0.6) is 0 Å². The van der Waals surface area contributed by atoms with E-state index in [1.807, 2.05) is 0 Å². The normalized spacial score (nSPS) is 10.8. The molecule has 0 bridgehead atoms. The fourth-order valence-electron chi connectivity index (χ4n) is 1.18. The molecule has 0 radical (unpaired) electrons. The van der Waals surface area contributed by atoms with Crippen molar-refractivity contribution in [2.24, 2.45) is 5.73 Å². The van der Waals surface area contributed by atoms with Crippen molar-refractivity contribution in [2.45, 2.75) is 19.9 Å². The van der Waals surface area contributed by atoms with Crippen LogP contribution in [0.2, 0.25) is 0 Å². The number of hydrogen-bond acceptors (Lipinski definition) is 3. The summed E-state index contributed by atoms with van der Waals surface area (Å²) >= 11 is 0. The van der Waals surface area contributed by atoms with Crippen molar-refractivity contribution in [1.82, 2.24) is 4.98 Å². The minimum atomic E-state index is -2.58. The van der Waals surface area contributed by atoms with Crippen LogP contribution in [0.4, 0.5) is 14.5 Å². The van der Waals surface area contributed by atoms with Gasteiger partial charge in [0.15, 0.2) is 0 Å². The summed E-state index contributed by atoms with van der Waals surface area (Å²) in [5, 5.41) is 0. The van der Waals surface area contributed by atoms with E-state index in [0.29, 0.717) is 16.8 Å². The molecule has 0 saturated heterocycles. The van der Waals surface area contributed by atoms with Gasteiger partial charge in [0.1, 0.15) is 5.69 Å². The predicted octanol–water partition coefficient (Wildman–Crippen LogP) is 1.37. The topological polar surface area (TPSA) is 64.9 Å². The molecule has 0 unspecified atom stereocenters. The molecule has 1 rings (SSSR count). The zero-order valence-corrected chi connectivity index (χ0v) is 7.22. The Labute approximate surface area is 74.8 Å². The van der Waals surface area contributed by atoms with E-state index in [1.54, 1.807) is 6.92 Å². The SMILES string of the molecule is Cc1c(C(F)F)ncc(N)c1CN. The molecule has 0 spiro atoms. The number of nitrogens with two attached hydrogens (primary N) is 2. The highest BCUT2D eigenvalue weighted by atomic mass is 19.3. The van der Waals surface area contributed by atoms with E-state index in [9.17, 15) is 8.78 Å². The molecule has 1 aromatic rings. The van der Waals surface area contributed by atoms with Crippen molar-refractivity contribution in [3.05, 3.63) is 23.0 Å². The standard InChI is InChI=1S/C8H11F2N3/c1-4-5(2-11)6(12)3-13-7(4)8(9)10/h3,8H,2,11-12H2,1H3. The van der Waals surface area contributed by atoms with Gasteiger partial charge in [-0.2, -0.15) is 0 Å². The van der Waals surface area contributed by atoms with Gasteiger partial charge < -0.3 is 11.5 Å². The summed E-state index contributed by atoms with van der Waals surface area (Å²) < 4.78 is 24.7. The molecule has 4 N–H and O–H groups in total. The summed E-state index contributed by atoms with van der Waals surface area (Å²) in [5.41, 5.74) is 11.9. The predicted molar refractivity (Wildman–Crippen MR) is 46.2 cm³/mol. The van der Waals surface area contributed by atoms with Crippen LogP contribution >= 0.6 is 0 Å². The number of alkyl halides is 2. The van der Waals surface area contributed by atoms with Crippen molar-refractivity contribution in [2.75, 3.05) is 5.73 Å². The van der Waals surface area contributed by atoms with Crippen LogP contribution in [0, 0.1) is 6.92 Å². The van der Waals surface area contributed by atoms with Crippen LogP contribution in [-0.4, -0.2) is 4.98 Å². The average Bonchev–Trinajstić information content (AvgIpc) is 2.04. The third kappa shape index (κ3) is 1.75. The number of nitrogens with zero attached hydrogens (tertiary/aromatic N) is 1. The molecule has 0 fully saturated rings. The van der Waals surface area contributed by atoms with Crippen molar-refractivity contribution >= 4 is 5.69 Å². The van der Waals surface area contributed by atoms with Gasteiger partial charge in [-0.1, -0.05) is 0 Å². The molecular formula is C8H11F2N3. The number of pyridine rings is 1. The molecule has 13 heavy (non-hydrogen) atoms. The van der Waals surface area contributed by atoms with E-state index in [2.05, 4.69) is 4.98 Å². The van der Waals surface area contributed by atoms with Gasteiger partial charge in [0.25, 0.3) is 6.43 Å². The molecule has 0 saturated carbocycles. The summed E-state index contributed by atoms with van der Waals surface area (Å²) in [6, 6.07) is 0. The van der Waals surface area contributed by atoms with Gasteiger partial charge in [-0.05, 0) is 18.1 Å². The van der Waals surface area contributed by atoms with Gasteiger partial charge in [0.2, 0.25) is 0 Å². The Bertz CT molecular complexity index is 313. The molecular weight excluding hydrogens is 176 g/mol. The van der Waals surface area contributed by atoms with E-state index in [0.717, 1.165) is 0 Å². The average molecular weight is 187 g/mol. The first-order valence-electron chi connectivity index (χ1n) is 3.80. The van der Waals surface area contributed by atoms with E-state index in [-0.39, 0.29) is 12.2 Å². The Morgan fingerprint density at radius 3 is 2.62 bits per heavy atom. The van der Waals surface area contributed by atoms with Crippen LogP contribution < -0.4 is 11.5 Å². The highest BCUT2D eigenvalue weighted by Crippen LogP contribution is 2.25. The maximum absolute atomic E-state index is 12.3. The number of rotatable bonds is 2. The lowest BCUT2D eigenvalue weighted by Gasteiger charge is -2.10. The number of hydrogen-bond donors (Lipinski definition) is 2. The second-order valence-corrected chi connectivity index (χ2v) is 2.71. The largest absolute Gasteiger partial charge is 0.397 e. The maximum Gasteiger partial charge on any atom is 0.280 e. The van der Waals surface area contributed by atoms with Crippen LogP contribution in [-0.2, 0) is 6.54 Å². The maximum atomic E-state index is 12.3. The van der Waals surface area contributed by atoms with Gasteiger partial charge in [0.05, 0.1) is 11.9 Å².